The molecule has 1 aromatic heterocycles. The third kappa shape index (κ3) is 2.73. The lowest BCUT2D eigenvalue weighted by molar-refractivity contribution is 0.0696. The maximum atomic E-state index is 10.7. The number of aromatic carboxylic acids is 1. The molecule has 1 heterocycles. The van der Waals surface area contributed by atoms with Gasteiger partial charge in [0.1, 0.15) is 0 Å². The number of carboxylic acids is 1. The fourth-order valence-electron chi connectivity index (χ4n) is 1.04. The molecular weight excluding hydrogens is 182 g/mol. The maximum Gasteiger partial charge on any atom is 0.335 e. The van der Waals surface area contributed by atoms with E-state index < -0.39 is 5.97 Å². The molecule has 0 aliphatic carbocycles. The Morgan fingerprint density at radius 1 is 1.57 bits per heavy atom. The Bertz CT molecular complexity index is 336. The van der Waals surface area contributed by atoms with Gasteiger partial charge in [-0.3, -0.25) is 0 Å². The van der Waals surface area contributed by atoms with Gasteiger partial charge >= 0.3 is 5.97 Å². The van der Waals surface area contributed by atoms with Crippen LogP contribution in [0.4, 0.5) is 0 Å². The van der Waals surface area contributed by atoms with Crippen molar-refractivity contribution in [3.05, 3.63) is 23.4 Å². The highest BCUT2D eigenvalue weighted by molar-refractivity contribution is 5.87. The summed E-state index contributed by atoms with van der Waals surface area (Å²) < 4.78 is 5.25. The van der Waals surface area contributed by atoms with Gasteiger partial charge in [-0.05, 0) is 19.4 Å². The van der Waals surface area contributed by atoms with E-state index in [0.29, 0.717) is 18.2 Å². The lowest BCUT2D eigenvalue weighted by Gasteiger charge is -2.05. The predicted octanol–water partition coefficient (Wildman–Crippen LogP) is 1.88. The number of aromatic nitrogens is 1. The summed E-state index contributed by atoms with van der Waals surface area (Å²) in [4.78, 5) is 14.8. The molecule has 0 unspecified atom stereocenters. The quantitative estimate of drug-likeness (QED) is 0.796. The Balaban J connectivity index is 2.89. The van der Waals surface area contributed by atoms with Gasteiger partial charge in [-0.1, -0.05) is 6.92 Å². The molecule has 0 amide bonds. The zero-order chi connectivity index (χ0) is 10.6. The van der Waals surface area contributed by atoms with Crippen LogP contribution in [0.25, 0.3) is 0 Å². The standard InChI is InChI=1S/C10H13NO3/c1-3-4-14-9-6-8(10(12)13)5-7(2)11-9/h5-6H,3-4H2,1-2H3,(H,12,13). The number of hydrogen-bond acceptors (Lipinski definition) is 3. The predicted molar refractivity (Wildman–Crippen MR) is 51.7 cm³/mol. The minimum absolute atomic E-state index is 0.212. The van der Waals surface area contributed by atoms with E-state index >= 15 is 0 Å². The minimum atomic E-state index is -0.961. The number of ether oxygens (including phenoxy) is 1. The van der Waals surface area contributed by atoms with Crippen molar-refractivity contribution in [2.24, 2.45) is 0 Å². The van der Waals surface area contributed by atoms with Gasteiger partial charge in [0.2, 0.25) is 5.88 Å². The number of hydrogen-bond donors (Lipinski definition) is 1. The Morgan fingerprint density at radius 2 is 2.29 bits per heavy atom. The number of carbonyl (C=O) groups is 1. The molecule has 1 aromatic rings. The molecule has 0 aliphatic rings. The first-order valence-corrected chi connectivity index (χ1v) is 4.48. The van der Waals surface area contributed by atoms with Crippen LogP contribution >= 0.6 is 0 Å². The number of aryl methyl sites for hydroxylation is 1. The maximum absolute atomic E-state index is 10.7. The summed E-state index contributed by atoms with van der Waals surface area (Å²) in [5, 5.41) is 8.78. The van der Waals surface area contributed by atoms with Crippen LogP contribution in [0.2, 0.25) is 0 Å². The lowest BCUT2D eigenvalue weighted by Crippen LogP contribution is -2.02. The van der Waals surface area contributed by atoms with Gasteiger partial charge in [0.15, 0.2) is 0 Å². The minimum Gasteiger partial charge on any atom is -0.478 e. The molecule has 0 bridgehead atoms. The molecule has 0 saturated carbocycles. The van der Waals surface area contributed by atoms with Gasteiger partial charge in [-0.15, -0.1) is 0 Å². The van der Waals surface area contributed by atoms with Crippen molar-refractivity contribution in [3.8, 4) is 5.88 Å². The van der Waals surface area contributed by atoms with Crippen LogP contribution in [0.5, 0.6) is 5.88 Å². The summed E-state index contributed by atoms with van der Waals surface area (Å²) in [5.74, 6) is -0.582. The first-order chi connectivity index (χ1) is 6.63. The third-order valence-corrected chi connectivity index (χ3v) is 1.63. The first kappa shape index (κ1) is 10.5. The van der Waals surface area contributed by atoms with Crippen LogP contribution < -0.4 is 4.74 Å². The molecule has 14 heavy (non-hydrogen) atoms. The molecule has 1 N–H and O–H groups in total. The van der Waals surface area contributed by atoms with E-state index in [1.165, 1.54) is 12.1 Å². The second kappa shape index (κ2) is 4.60. The largest absolute Gasteiger partial charge is 0.478 e. The third-order valence-electron chi connectivity index (χ3n) is 1.63. The highest BCUT2D eigenvalue weighted by Crippen LogP contribution is 2.12. The van der Waals surface area contributed by atoms with E-state index in [0.717, 1.165) is 6.42 Å². The fourth-order valence-corrected chi connectivity index (χ4v) is 1.04. The van der Waals surface area contributed by atoms with E-state index in [1.54, 1.807) is 6.92 Å². The Hall–Kier alpha value is -1.58. The number of carboxylic acid groups (broad SMARTS) is 1. The van der Waals surface area contributed by atoms with Crippen molar-refractivity contribution in [2.45, 2.75) is 20.3 Å². The van der Waals surface area contributed by atoms with Crippen LogP contribution in [0, 0.1) is 6.92 Å². The van der Waals surface area contributed by atoms with Crippen molar-refractivity contribution >= 4 is 5.97 Å². The second-order valence-electron chi connectivity index (χ2n) is 2.99. The van der Waals surface area contributed by atoms with Gasteiger partial charge in [-0.25, -0.2) is 9.78 Å². The van der Waals surface area contributed by atoms with Crippen LogP contribution in [0.3, 0.4) is 0 Å². The van der Waals surface area contributed by atoms with Crippen molar-refractivity contribution < 1.29 is 14.6 Å². The molecule has 0 atom stereocenters. The van der Waals surface area contributed by atoms with Crippen LogP contribution in [-0.4, -0.2) is 22.7 Å². The lowest BCUT2D eigenvalue weighted by atomic mass is 10.2. The number of nitrogens with zero attached hydrogens (tertiary/aromatic N) is 1. The zero-order valence-electron chi connectivity index (χ0n) is 8.28. The molecule has 0 fully saturated rings. The molecule has 1 rings (SSSR count). The SMILES string of the molecule is CCCOc1cc(C(=O)O)cc(C)n1. The second-order valence-corrected chi connectivity index (χ2v) is 2.99. The number of rotatable bonds is 4. The highest BCUT2D eigenvalue weighted by Gasteiger charge is 2.06. The monoisotopic (exact) mass is 195 g/mol. The molecule has 0 radical (unpaired) electrons. The van der Waals surface area contributed by atoms with Gasteiger partial charge in [-0.2, -0.15) is 0 Å². The average Bonchev–Trinajstić information content (AvgIpc) is 2.14. The van der Waals surface area contributed by atoms with E-state index in [-0.39, 0.29) is 5.56 Å². The summed E-state index contributed by atoms with van der Waals surface area (Å²) >= 11 is 0. The first-order valence-electron chi connectivity index (χ1n) is 4.48. The van der Waals surface area contributed by atoms with E-state index in [2.05, 4.69) is 4.98 Å². The van der Waals surface area contributed by atoms with Crippen molar-refractivity contribution in [1.82, 2.24) is 4.98 Å². The number of pyridine rings is 1. The van der Waals surface area contributed by atoms with E-state index in [1.807, 2.05) is 6.92 Å². The summed E-state index contributed by atoms with van der Waals surface area (Å²) in [6.07, 6.45) is 0.873. The molecule has 4 nitrogen and oxygen atoms in total. The summed E-state index contributed by atoms with van der Waals surface area (Å²) in [6, 6.07) is 2.95. The molecule has 0 aliphatic heterocycles. The van der Waals surface area contributed by atoms with Gasteiger partial charge < -0.3 is 9.84 Å². The topological polar surface area (TPSA) is 59.4 Å². The van der Waals surface area contributed by atoms with E-state index in [4.69, 9.17) is 9.84 Å². The molecule has 0 aromatic carbocycles. The Kier molecular flexibility index (Phi) is 3.45. The molecule has 0 saturated heterocycles. The Labute approximate surface area is 82.5 Å². The van der Waals surface area contributed by atoms with Crippen molar-refractivity contribution in [2.75, 3.05) is 6.61 Å². The summed E-state index contributed by atoms with van der Waals surface area (Å²) in [6.45, 7) is 4.27. The van der Waals surface area contributed by atoms with Crippen LogP contribution in [0.1, 0.15) is 29.4 Å². The van der Waals surface area contributed by atoms with Gasteiger partial charge in [0, 0.05) is 11.8 Å². The van der Waals surface area contributed by atoms with Gasteiger partial charge in [0.05, 0.1) is 12.2 Å². The Morgan fingerprint density at radius 3 is 2.86 bits per heavy atom. The summed E-state index contributed by atoms with van der Waals surface area (Å²) in [5.41, 5.74) is 0.861. The van der Waals surface area contributed by atoms with Crippen molar-refractivity contribution in [3.63, 3.8) is 0 Å². The van der Waals surface area contributed by atoms with Crippen LogP contribution in [0.15, 0.2) is 12.1 Å². The normalized spacial score (nSPS) is 9.86. The van der Waals surface area contributed by atoms with Gasteiger partial charge in [0.25, 0.3) is 0 Å². The molecule has 76 valence electrons. The average molecular weight is 195 g/mol. The van der Waals surface area contributed by atoms with E-state index in [9.17, 15) is 4.79 Å². The smallest absolute Gasteiger partial charge is 0.335 e. The van der Waals surface area contributed by atoms with Crippen molar-refractivity contribution in [1.29, 1.82) is 0 Å². The molecular formula is C10H13NO3. The highest BCUT2D eigenvalue weighted by atomic mass is 16.5. The zero-order valence-corrected chi connectivity index (χ0v) is 8.28. The fraction of sp³-hybridized carbons (Fsp3) is 0.400. The molecule has 0 spiro atoms. The summed E-state index contributed by atoms with van der Waals surface area (Å²) in [7, 11) is 0. The van der Waals surface area contributed by atoms with Crippen LogP contribution in [-0.2, 0) is 0 Å². The molecule has 4 heteroatoms.